The molecule has 0 spiro atoms. The molecule has 2 nitrogen and oxygen atoms in total. The molecule has 2 aromatic carbocycles. The van der Waals surface area contributed by atoms with Crippen molar-refractivity contribution in [1.82, 2.24) is 0 Å². The van der Waals surface area contributed by atoms with E-state index < -0.39 is 0 Å². The molecule has 0 aromatic heterocycles. The van der Waals surface area contributed by atoms with E-state index in [0.29, 0.717) is 11.3 Å². The molecule has 0 amide bonds. The monoisotopic (exact) mass is 404 g/mol. The predicted molar refractivity (Wildman–Crippen MR) is 126 cm³/mol. The number of benzene rings is 2. The Morgan fingerprint density at radius 1 is 1.00 bits per heavy atom. The van der Waals surface area contributed by atoms with Gasteiger partial charge < -0.3 is 4.74 Å². The first kappa shape index (κ1) is 22.3. The maximum atomic E-state index is 12.4. The largest absolute Gasteiger partial charge is 0.423 e. The van der Waals surface area contributed by atoms with E-state index in [4.69, 9.17) is 4.74 Å². The van der Waals surface area contributed by atoms with Gasteiger partial charge in [-0.05, 0) is 84.9 Å². The zero-order chi connectivity index (χ0) is 21.3. The quantitative estimate of drug-likeness (QED) is 0.314. The lowest BCUT2D eigenvalue weighted by Crippen LogP contribution is -2.09. The van der Waals surface area contributed by atoms with Crippen LogP contribution >= 0.6 is 0 Å². The molecule has 160 valence electrons. The molecule has 2 heteroatoms. The van der Waals surface area contributed by atoms with Gasteiger partial charge in [-0.3, -0.25) is 0 Å². The highest BCUT2D eigenvalue weighted by Crippen LogP contribution is 2.34. The average Bonchev–Trinajstić information content (AvgIpc) is 2.81. The lowest BCUT2D eigenvalue weighted by Gasteiger charge is -2.24. The summed E-state index contributed by atoms with van der Waals surface area (Å²) in [5.74, 6) is 2.02. The number of hydrogen-bond donors (Lipinski definition) is 0. The molecule has 1 atom stereocenters. The Labute approximate surface area is 182 Å². The summed E-state index contributed by atoms with van der Waals surface area (Å²) in [7, 11) is 0. The topological polar surface area (TPSA) is 26.3 Å². The van der Waals surface area contributed by atoms with E-state index >= 15 is 0 Å². The van der Waals surface area contributed by atoms with E-state index in [1.807, 2.05) is 36.4 Å². The molecule has 0 N–H and O–H groups in total. The number of rotatable bonds is 9. The van der Waals surface area contributed by atoms with Crippen molar-refractivity contribution < 1.29 is 9.53 Å². The van der Waals surface area contributed by atoms with Crippen LogP contribution in [0.15, 0.2) is 54.6 Å². The molecule has 30 heavy (non-hydrogen) atoms. The van der Waals surface area contributed by atoms with Gasteiger partial charge in [0.2, 0.25) is 0 Å². The Balaban J connectivity index is 1.54. The van der Waals surface area contributed by atoms with Gasteiger partial charge in [-0.1, -0.05) is 70.4 Å². The van der Waals surface area contributed by atoms with Crippen LogP contribution in [-0.4, -0.2) is 5.97 Å². The number of aryl methyl sites for hydroxylation is 1. The SMILES string of the molecule is CCc1ccc(OC(=O)c2ccc(C3=CCC(CCC(CC)CC)CC3)cc2)cc1. The lowest BCUT2D eigenvalue weighted by atomic mass is 9.82. The fraction of sp³-hybridized carbons (Fsp3) is 0.464. The molecule has 0 bridgehead atoms. The number of ether oxygens (including phenoxy) is 1. The van der Waals surface area contributed by atoms with Crippen molar-refractivity contribution in [2.75, 3.05) is 0 Å². The van der Waals surface area contributed by atoms with Crippen molar-refractivity contribution in [3.8, 4) is 5.75 Å². The summed E-state index contributed by atoms with van der Waals surface area (Å²) in [6.07, 6.45) is 12.4. The van der Waals surface area contributed by atoms with E-state index in [1.165, 1.54) is 55.2 Å². The van der Waals surface area contributed by atoms with Crippen LogP contribution < -0.4 is 4.74 Å². The van der Waals surface area contributed by atoms with Gasteiger partial charge in [-0.25, -0.2) is 4.79 Å². The summed E-state index contributed by atoms with van der Waals surface area (Å²) in [6.45, 7) is 6.74. The zero-order valence-electron chi connectivity index (χ0n) is 18.8. The Bertz CT molecular complexity index is 826. The van der Waals surface area contributed by atoms with Crippen LogP contribution in [0.2, 0.25) is 0 Å². The van der Waals surface area contributed by atoms with Crippen molar-refractivity contribution in [3.63, 3.8) is 0 Å². The third-order valence-corrected chi connectivity index (χ3v) is 6.69. The fourth-order valence-corrected chi connectivity index (χ4v) is 4.36. The van der Waals surface area contributed by atoms with Gasteiger partial charge >= 0.3 is 5.97 Å². The molecule has 1 aliphatic rings. The van der Waals surface area contributed by atoms with Crippen molar-refractivity contribution in [3.05, 3.63) is 71.3 Å². The first-order chi connectivity index (χ1) is 14.6. The van der Waals surface area contributed by atoms with Crippen molar-refractivity contribution >= 4 is 11.5 Å². The van der Waals surface area contributed by atoms with Gasteiger partial charge in [0, 0.05) is 0 Å². The number of carbonyl (C=O) groups is 1. The Kier molecular flexibility index (Phi) is 8.30. The van der Waals surface area contributed by atoms with Crippen molar-refractivity contribution in [1.29, 1.82) is 0 Å². The predicted octanol–water partition coefficient (Wildman–Crippen LogP) is 7.87. The van der Waals surface area contributed by atoms with Crippen LogP contribution in [0.25, 0.3) is 5.57 Å². The number of hydrogen-bond acceptors (Lipinski definition) is 2. The standard InChI is InChI=1S/C28H36O2/c1-4-21(5-2)7-8-23-9-13-24(14-10-23)25-15-17-26(18-16-25)28(29)30-27-19-11-22(6-3)12-20-27/h11-13,15-21,23H,4-10,14H2,1-3H3. The van der Waals surface area contributed by atoms with E-state index in [9.17, 15) is 4.79 Å². The Morgan fingerprint density at radius 3 is 2.27 bits per heavy atom. The molecule has 0 heterocycles. The molecule has 0 fully saturated rings. The molecule has 2 aromatic rings. The smallest absolute Gasteiger partial charge is 0.343 e. The summed E-state index contributed by atoms with van der Waals surface area (Å²) in [5.41, 5.74) is 4.48. The van der Waals surface area contributed by atoms with Gasteiger partial charge in [0.15, 0.2) is 0 Å². The number of esters is 1. The molecular weight excluding hydrogens is 368 g/mol. The van der Waals surface area contributed by atoms with Crippen molar-refractivity contribution in [2.24, 2.45) is 11.8 Å². The molecule has 0 saturated carbocycles. The second-order valence-corrected chi connectivity index (χ2v) is 8.59. The molecule has 1 unspecified atom stereocenters. The lowest BCUT2D eigenvalue weighted by molar-refractivity contribution is 0.0734. The fourth-order valence-electron chi connectivity index (χ4n) is 4.36. The van der Waals surface area contributed by atoms with Crippen LogP contribution in [0.5, 0.6) is 5.75 Å². The highest BCUT2D eigenvalue weighted by Gasteiger charge is 2.17. The minimum absolute atomic E-state index is 0.301. The van der Waals surface area contributed by atoms with E-state index in [0.717, 1.165) is 24.7 Å². The third-order valence-electron chi connectivity index (χ3n) is 6.69. The van der Waals surface area contributed by atoms with E-state index in [-0.39, 0.29) is 5.97 Å². The van der Waals surface area contributed by atoms with Gasteiger partial charge in [0.05, 0.1) is 5.56 Å². The summed E-state index contributed by atoms with van der Waals surface area (Å²) in [5, 5.41) is 0. The summed E-state index contributed by atoms with van der Waals surface area (Å²) >= 11 is 0. The highest BCUT2D eigenvalue weighted by atomic mass is 16.5. The van der Waals surface area contributed by atoms with Crippen LogP contribution in [0.1, 0.15) is 87.2 Å². The van der Waals surface area contributed by atoms with Gasteiger partial charge in [-0.2, -0.15) is 0 Å². The first-order valence-corrected chi connectivity index (χ1v) is 11.7. The molecule has 0 aliphatic heterocycles. The van der Waals surface area contributed by atoms with Crippen molar-refractivity contribution in [2.45, 2.75) is 72.1 Å². The maximum absolute atomic E-state index is 12.4. The summed E-state index contributed by atoms with van der Waals surface area (Å²) in [6, 6.07) is 15.6. The van der Waals surface area contributed by atoms with E-state index in [1.54, 1.807) is 0 Å². The van der Waals surface area contributed by atoms with Crippen LogP contribution in [0.4, 0.5) is 0 Å². The molecule has 0 saturated heterocycles. The third kappa shape index (κ3) is 6.08. The van der Waals surface area contributed by atoms with Crippen LogP contribution in [0, 0.1) is 11.8 Å². The molecule has 1 aliphatic carbocycles. The van der Waals surface area contributed by atoms with Gasteiger partial charge in [-0.15, -0.1) is 0 Å². The maximum Gasteiger partial charge on any atom is 0.343 e. The minimum Gasteiger partial charge on any atom is -0.423 e. The van der Waals surface area contributed by atoms with Crippen LogP contribution in [0.3, 0.4) is 0 Å². The zero-order valence-corrected chi connectivity index (χ0v) is 18.8. The Morgan fingerprint density at radius 2 is 1.70 bits per heavy atom. The molecule has 3 rings (SSSR count). The highest BCUT2D eigenvalue weighted by molar-refractivity contribution is 5.91. The second kappa shape index (κ2) is 11.2. The van der Waals surface area contributed by atoms with Gasteiger partial charge in [0.1, 0.15) is 5.75 Å². The molecule has 0 radical (unpaired) electrons. The molecular formula is C28H36O2. The summed E-state index contributed by atoms with van der Waals surface area (Å²) in [4.78, 5) is 12.4. The Hall–Kier alpha value is -2.35. The minimum atomic E-state index is -0.301. The average molecular weight is 405 g/mol. The number of allylic oxidation sites excluding steroid dienone is 2. The second-order valence-electron chi connectivity index (χ2n) is 8.59. The van der Waals surface area contributed by atoms with Gasteiger partial charge in [0.25, 0.3) is 0 Å². The summed E-state index contributed by atoms with van der Waals surface area (Å²) < 4.78 is 5.51. The number of carbonyl (C=O) groups excluding carboxylic acids is 1. The van der Waals surface area contributed by atoms with Crippen LogP contribution in [-0.2, 0) is 6.42 Å². The van der Waals surface area contributed by atoms with E-state index in [2.05, 4.69) is 39.0 Å². The normalized spacial score (nSPS) is 16.4. The first-order valence-electron chi connectivity index (χ1n) is 11.7.